The lowest BCUT2D eigenvalue weighted by atomic mass is 9.84. The number of carbonyl (C=O) groups excluding carboxylic acids is 2. The van der Waals surface area contributed by atoms with Gasteiger partial charge in [-0.05, 0) is 84.3 Å². The average Bonchev–Trinajstić information content (AvgIpc) is 3.53. The van der Waals surface area contributed by atoms with Crippen molar-refractivity contribution >= 4 is 17.5 Å². The second-order valence-corrected chi connectivity index (χ2v) is 12.1. The summed E-state index contributed by atoms with van der Waals surface area (Å²) in [5, 5.41) is 15.4. The van der Waals surface area contributed by atoms with Crippen molar-refractivity contribution in [1.82, 2.24) is 25.5 Å². The van der Waals surface area contributed by atoms with Crippen LogP contribution in [0.2, 0.25) is 0 Å². The number of aromatic nitrogens is 4. The summed E-state index contributed by atoms with van der Waals surface area (Å²) in [6.45, 7) is -0.347. The number of nitrogens with one attached hydrogen (secondary N) is 1. The largest absolute Gasteiger partial charge is 0.351 e. The fraction of sp³-hybridized carbons (Fsp3) is 0.400. The Bertz CT molecular complexity index is 1600. The third kappa shape index (κ3) is 7.27. The number of benzene rings is 3. The van der Waals surface area contributed by atoms with Gasteiger partial charge in [-0.1, -0.05) is 74.9 Å². The third-order valence-corrected chi connectivity index (χ3v) is 9.00. The van der Waals surface area contributed by atoms with E-state index in [9.17, 15) is 18.4 Å². The maximum atomic E-state index is 14.4. The molecule has 234 valence electrons. The van der Waals surface area contributed by atoms with Crippen LogP contribution in [0.1, 0.15) is 87.3 Å². The van der Waals surface area contributed by atoms with Gasteiger partial charge < -0.3 is 5.32 Å². The lowest BCUT2D eigenvalue weighted by molar-refractivity contribution is -0.127. The van der Waals surface area contributed by atoms with E-state index >= 15 is 0 Å². The molecule has 8 nitrogen and oxygen atoms in total. The summed E-state index contributed by atoms with van der Waals surface area (Å²) < 4.78 is 28.5. The van der Waals surface area contributed by atoms with Gasteiger partial charge >= 0.3 is 0 Å². The molecule has 10 heteroatoms. The molecular weight excluding hydrogens is 574 g/mol. The van der Waals surface area contributed by atoms with Gasteiger partial charge in [-0.2, -0.15) is 4.80 Å². The number of hydrogen-bond donors (Lipinski definition) is 1. The van der Waals surface area contributed by atoms with Crippen LogP contribution in [-0.2, 0) is 16.1 Å². The number of tetrazole rings is 1. The minimum absolute atomic E-state index is 0.000127. The van der Waals surface area contributed by atoms with Crippen LogP contribution in [0.4, 0.5) is 14.5 Å². The molecule has 2 aliphatic carbocycles. The maximum Gasteiger partial charge on any atom is 0.251 e. The molecule has 1 heterocycles. The monoisotopic (exact) mass is 612 g/mol. The van der Waals surface area contributed by atoms with Crippen LogP contribution >= 0.6 is 0 Å². The van der Waals surface area contributed by atoms with E-state index < -0.39 is 23.6 Å². The molecule has 2 fully saturated rings. The molecule has 4 aromatic rings. The molecule has 0 bridgehead atoms. The van der Waals surface area contributed by atoms with E-state index in [1.165, 1.54) is 47.9 Å². The molecule has 3 aromatic carbocycles. The fourth-order valence-electron chi connectivity index (χ4n) is 6.63. The van der Waals surface area contributed by atoms with Gasteiger partial charge in [0.15, 0.2) is 0 Å². The van der Waals surface area contributed by atoms with E-state index in [2.05, 4.69) is 20.7 Å². The first-order chi connectivity index (χ1) is 22.0. The Labute approximate surface area is 261 Å². The van der Waals surface area contributed by atoms with Crippen molar-refractivity contribution in [3.05, 3.63) is 95.6 Å². The number of amides is 2. The molecule has 2 amide bonds. The number of nitrogens with zero attached hydrogens (tertiary/aromatic N) is 5. The zero-order valence-electron chi connectivity index (χ0n) is 25.2. The molecule has 2 saturated carbocycles. The molecule has 1 atom stereocenters. The minimum Gasteiger partial charge on any atom is -0.351 e. The van der Waals surface area contributed by atoms with Crippen LogP contribution in [0.15, 0.2) is 72.8 Å². The Morgan fingerprint density at radius 3 is 2.20 bits per heavy atom. The SMILES string of the molecule is O=C(NC1CCCCC1)[C@H](c1ccc(F)cc1)N(C(=O)Cn1nnc(-c2ccccc2F)n1)c1ccc(C2CCCCC2)cc1. The molecule has 45 heavy (non-hydrogen) atoms. The second-order valence-electron chi connectivity index (χ2n) is 12.1. The van der Waals surface area contributed by atoms with Crippen molar-refractivity contribution in [3.63, 3.8) is 0 Å². The zero-order chi connectivity index (χ0) is 31.2. The van der Waals surface area contributed by atoms with Crippen molar-refractivity contribution in [3.8, 4) is 11.4 Å². The van der Waals surface area contributed by atoms with Crippen molar-refractivity contribution < 1.29 is 18.4 Å². The van der Waals surface area contributed by atoms with Gasteiger partial charge in [0.1, 0.15) is 24.2 Å². The molecule has 2 aliphatic rings. The fourth-order valence-corrected chi connectivity index (χ4v) is 6.63. The van der Waals surface area contributed by atoms with Gasteiger partial charge in [-0.25, -0.2) is 8.78 Å². The second kappa shape index (κ2) is 14.1. The number of anilines is 1. The topological polar surface area (TPSA) is 93.0 Å². The van der Waals surface area contributed by atoms with Crippen molar-refractivity contribution in [1.29, 1.82) is 0 Å². The van der Waals surface area contributed by atoms with Gasteiger partial charge in [0.2, 0.25) is 11.7 Å². The molecular formula is C35H38F2N6O2. The van der Waals surface area contributed by atoms with Gasteiger partial charge in [0, 0.05) is 11.7 Å². The van der Waals surface area contributed by atoms with Crippen molar-refractivity contribution in [2.45, 2.75) is 88.8 Å². The molecule has 0 radical (unpaired) electrons. The normalized spacial score (nSPS) is 16.7. The zero-order valence-corrected chi connectivity index (χ0v) is 25.2. The number of halogens is 2. The summed E-state index contributed by atoms with van der Waals surface area (Å²) in [5.41, 5.74) is 2.39. The van der Waals surface area contributed by atoms with Gasteiger partial charge in [0.25, 0.3) is 5.91 Å². The van der Waals surface area contributed by atoms with Gasteiger partial charge in [0.05, 0.1) is 5.56 Å². The smallest absolute Gasteiger partial charge is 0.251 e. The van der Waals surface area contributed by atoms with Crippen LogP contribution in [0.3, 0.4) is 0 Å². The van der Waals surface area contributed by atoms with Crippen LogP contribution in [0.5, 0.6) is 0 Å². The van der Waals surface area contributed by atoms with E-state index in [1.54, 1.807) is 30.3 Å². The van der Waals surface area contributed by atoms with Crippen LogP contribution in [0.25, 0.3) is 11.4 Å². The summed E-state index contributed by atoms with van der Waals surface area (Å²) in [6.07, 6.45) is 10.8. The molecule has 0 aliphatic heterocycles. The predicted molar refractivity (Wildman–Crippen MR) is 167 cm³/mol. The number of rotatable bonds is 9. The van der Waals surface area contributed by atoms with Gasteiger partial charge in [-0.3, -0.25) is 14.5 Å². The summed E-state index contributed by atoms with van der Waals surface area (Å²) in [5.74, 6) is -1.22. The quantitative estimate of drug-likeness (QED) is 0.222. The molecule has 1 aromatic heterocycles. The van der Waals surface area contributed by atoms with E-state index in [0.717, 1.165) is 49.7 Å². The summed E-state index contributed by atoms with van der Waals surface area (Å²) in [6, 6.07) is 18.5. The Kier molecular flexibility index (Phi) is 9.57. The minimum atomic E-state index is -1.07. The summed E-state index contributed by atoms with van der Waals surface area (Å²) in [7, 11) is 0. The number of hydrogen-bond acceptors (Lipinski definition) is 5. The maximum absolute atomic E-state index is 14.4. The van der Waals surface area contributed by atoms with Crippen molar-refractivity contribution in [2.75, 3.05) is 4.90 Å². The highest BCUT2D eigenvalue weighted by Gasteiger charge is 2.35. The summed E-state index contributed by atoms with van der Waals surface area (Å²) >= 11 is 0. The first kappa shape index (κ1) is 30.6. The Hall–Kier alpha value is -4.47. The number of carbonyl (C=O) groups is 2. The Morgan fingerprint density at radius 2 is 1.51 bits per heavy atom. The molecule has 6 rings (SSSR count). The van der Waals surface area contributed by atoms with Crippen LogP contribution < -0.4 is 10.2 Å². The van der Waals surface area contributed by atoms with E-state index in [0.29, 0.717) is 17.2 Å². The average molecular weight is 613 g/mol. The Balaban J connectivity index is 1.35. The van der Waals surface area contributed by atoms with E-state index in [-0.39, 0.29) is 29.9 Å². The highest BCUT2D eigenvalue weighted by Crippen LogP contribution is 2.35. The molecule has 0 spiro atoms. The highest BCUT2D eigenvalue weighted by molar-refractivity contribution is 6.01. The molecule has 0 unspecified atom stereocenters. The third-order valence-electron chi connectivity index (χ3n) is 9.00. The lowest BCUT2D eigenvalue weighted by Gasteiger charge is -2.33. The molecule has 0 saturated heterocycles. The Morgan fingerprint density at radius 1 is 0.844 bits per heavy atom. The highest BCUT2D eigenvalue weighted by atomic mass is 19.1. The van der Waals surface area contributed by atoms with Gasteiger partial charge in [-0.15, -0.1) is 10.2 Å². The van der Waals surface area contributed by atoms with Crippen LogP contribution in [-0.4, -0.2) is 38.1 Å². The molecule has 1 N–H and O–H groups in total. The lowest BCUT2D eigenvalue weighted by Crippen LogP contribution is -2.48. The van der Waals surface area contributed by atoms with Crippen LogP contribution in [0, 0.1) is 11.6 Å². The standard InChI is InChI=1S/C35H38F2N6O2/c36-27-19-15-26(16-20-27)33(35(45)38-28-11-5-2-6-12-28)43(29-21-17-25(18-22-29)24-9-3-1-4-10-24)32(44)23-42-40-34(39-41-42)30-13-7-8-14-31(30)37/h7-8,13-22,24,28,33H,1-6,9-12,23H2,(H,38,45)/t33-/m0/s1. The predicted octanol–water partition coefficient (Wildman–Crippen LogP) is 6.89. The first-order valence-electron chi connectivity index (χ1n) is 16.0. The van der Waals surface area contributed by atoms with E-state index in [4.69, 9.17) is 0 Å². The van der Waals surface area contributed by atoms with E-state index in [1.807, 2.05) is 24.3 Å². The summed E-state index contributed by atoms with van der Waals surface area (Å²) in [4.78, 5) is 30.9. The first-order valence-corrected chi connectivity index (χ1v) is 16.0. The van der Waals surface area contributed by atoms with Crippen molar-refractivity contribution in [2.24, 2.45) is 0 Å².